The molecule has 1 aliphatic rings. The molecule has 2 aromatic carbocycles. The van der Waals surface area contributed by atoms with Gasteiger partial charge in [-0.2, -0.15) is 0 Å². The topological polar surface area (TPSA) is 51.2 Å². The molecule has 4 nitrogen and oxygen atoms in total. The normalized spacial score (nSPS) is 13.7. The fraction of sp³-hybridized carbons (Fsp3) is 0.304. The number of hydrogen-bond donors (Lipinski definition) is 1. The van der Waals surface area contributed by atoms with E-state index in [0.29, 0.717) is 12.2 Å². The van der Waals surface area contributed by atoms with Crippen molar-refractivity contribution in [2.24, 2.45) is 5.92 Å². The first kappa shape index (κ1) is 17.7. The van der Waals surface area contributed by atoms with Gasteiger partial charge in [0.15, 0.2) is 0 Å². The number of pyridine rings is 1. The Labute approximate surface area is 159 Å². The lowest BCUT2D eigenvalue weighted by atomic mass is 10.1. The Morgan fingerprint density at radius 1 is 1.15 bits per heavy atom. The second-order valence-electron chi connectivity index (χ2n) is 7.43. The van der Waals surface area contributed by atoms with E-state index in [1.54, 1.807) is 0 Å². The smallest absolute Gasteiger partial charge is 0.257 e. The van der Waals surface area contributed by atoms with Gasteiger partial charge < -0.3 is 10.1 Å². The summed E-state index contributed by atoms with van der Waals surface area (Å²) in [5.74, 6) is 0.610. The van der Waals surface area contributed by atoms with Gasteiger partial charge in [0.1, 0.15) is 0 Å². The van der Waals surface area contributed by atoms with E-state index in [-0.39, 0.29) is 5.91 Å². The Hall–Kier alpha value is -2.72. The van der Waals surface area contributed by atoms with E-state index in [2.05, 4.69) is 10.3 Å². The second kappa shape index (κ2) is 7.49. The van der Waals surface area contributed by atoms with Crippen LogP contribution in [0.5, 0.6) is 0 Å². The fourth-order valence-corrected chi connectivity index (χ4v) is 3.17. The van der Waals surface area contributed by atoms with Gasteiger partial charge in [-0.25, -0.2) is 0 Å². The number of nitrogens with one attached hydrogen (secondary N) is 1. The van der Waals surface area contributed by atoms with Gasteiger partial charge in [0.05, 0.1) is 23.4 Å². The van der Waals surface area contributed by atoms with Gasteiger partial charge in [-0.05, 0) is 68.0 Å². The van der Waals surface area contributed by atoms with Crippen molar-refractivity contribution in [3.8, 4) is 0 Å². The molecule has 4 rings (SSSR count). The molecule has 1 aromatic heterocycles. The highest BCUT2D eigenvalue weighted by molar-refractivity contribution is 6.06. The minimum absolute atomic E-state index is 0.140. The summed E-state index contributed by atoms with van der Waals surface area (Å²) in [4.78, 5) is 17.4. The summed E-state index contributed by atoms with van der Waals surface area (Å²) in [6.45, 7) is 5.32. The van der Waals surface area contributed by atoms with Crippen molar-refractivity contribution in [2.75, 3.05) is 11.9 Å². The first-order valence-corrected chi connectivity index (χ1v) is 9.44. The van der Waals surface area contributed by atoms with Gasteiger partial charge in [-0.15, -0.1) is 0 Å². The van der Waals surface area contributed by atoms with Gasteiger partial charge in [0.25, 0.3) is 5.91 Å². The molecule has 0 atom stereocenters. The van der Waals surface area contributed by atoms with Crippen LogP contribution in [0.3, 0.4) is 0 Å². The van der Waals surface area contributed by atoms with Crippen molar-refractivity contribution < 1.29 is 9.53 Å². The van der Waals surface area contributed by atoms with E-state index in [1.807, 2.05) is 62.4 Å². The van der Waals surface area contributed by atoms with Crippen LogP contribution < -0.4 is 5.32 Å². The standard InChI is InChI=1S/C23H24N2O2/c1-15-6-9-19-12-21(16(2)24-22(19)10-15)23(26)25-20-5-3-4-18(11-20)14-27-13-17-7-8-17/h3-6,9-12,17H,7-8,13-14H2,1-2H3,(H,25,26). The van der Waals surface area contributed by atoms with Crippen molar-refractivity contribution in [3.05, 3.63) is 70.9 Å². The molecule has 0 saturated heterocycles. The van der Waals surface area contributed by atoms with Crippen molar-refractivity contribution in [2.45, 2.75) is 33.3 Å². The number of amides is 1. The van der Waals surface area contributed by atoms with Crippen LogP contribution in [0.2, 0.25) is 0 Å². The van der Waals surface area contributed by atoms with Crippen molar-refractivity contribution >= 4 is 22.5 Å². The number of aromatic nitrogens is 1. The van der Waals surface area contributed by atoms with Gasteiger partial charge in [-0.1, -0.05) is 24.3 Å². The summed E-state index contributed by atoms with van der Waals surface area (Å²) in [5.41, 5.74) is 5.25. The maximum atomic E-state index is 12.8. The number of nitrogens with zero attached hydrogens (tertiary/aromatic N) is 1. The second-order valence-corrected chi connectivity index (χ2v) is 7.43. The summed E-state index contributed by atoms with van der Waals surface area (Å²) in [6.07, 6.45) is 2.57. The third-order valence-electron chi connectivity index (χ3n) is 4.91. The Kier molecular flexibility index (Phi) is 4.90. The molecule has 138 valence electrons. The molecule has 1 amide bonds. The van der Waals surface area contributed by atoms with E-state index in [1.165, 1.54) is 12.8 Å². The van der Waals surface area contributed by atoms with E-state index >= 15 is 0 Å². The quantitative estimate of drug-likeness (QED) is 0.671. The number of hydrogen-bond acceptors (Lipinski definition) is 3. The Bertz CT molecular complexity index is 993. The number of anilines is 1. The lowest BCUT2D eigenvalue weighted by molar-refractivity contribution is 0.102. The van der Waals surface area contributed by atoms with Crippen LogP contribution in [0, 0.1) is 19.8 Å². The fourth-order valence-electron chi connectivity index (χ4n) is 3.17. The van der Waals surface area contributed by atoms with Crippen LogP contribution in [0.4, 0.5) is 5.69 Å². The van der Waals surface area contributed by atoms with Crippen LogP contribution in [-0.2, 0) is 11.3 Å². The molecule has 4 heteroatoms. The van der Waals surface area contributed by atoms with Crippen LogP contribution in [0.25, 0.3) is 10.9 Å². The lowest BCUT2D eigenvalue weighted by Crippen LogP contribution is -2.14. The molecule has 0 bridgehead atoms. The molecule has 1 saturated carbocycles. The number of benzene rings is 2. The molecule has 1 aliphatic carbocycles. The Morgan fingerprint density at radius 2 is 2.00 bits per heavy atom. The first-order valence-electron chi connectivity index (χ1n) is 9.44. The monoisotopic (exact) mass is 360 g/mol. The average molecular weight is 360 g/mol. The van der Waals surface area contributed by atoms with Crippen molar-refractivity contribution in [3.63, 3.8) is 0 Å². The third kappa shape index (κ3) is 4.34. The van der Waals surface area contributed by atoms with Gasteiger partial charge in [0.2, 0.25) is 0 Å². The van der Waals surface area contributed by atoms with E-state index in [0.717, 1.165) is 45.9 Å². The zero-order valence-corrected chi connectivity index (χ0v) is 15.8. The predicted molar refractivity (Wildman–Crippen MR) is 108 cm³/mol. The molecule has 1 fully saturated rings. The molecule has 1 heterocycles. The molecule has 0 spiro atoms. The number of aryl methyl sites for hydroxylation is 2. The summed E-state index contributed by atoms with van der Waals surface area (Å²) >= 11 is 0. The Morgan fingerprint density at radius 3 is 2.81 bits per heavy atom. The molecule has 0 radical (unpaired) electrons. The number of carbonyl (C=O) groups excluding carboxylic acids is 1. The highest BCUT2D eigenvalue weighted by Crippen LogP contribution is 2.29. The zero-order valence-electron chi connectivity index (χ0n) is 15.8. The van der Waals surface area contributed by atoms with E-state index in [9.17, 15) is 4.79 Å². The van der Waals surface area contributed by atoms with Gasteiger partial charge in [0, 0.05) is 17.7 Å². The predicted octanol–water partition coefficient (Wildman–Crippen LogP) is 5.03. The van der Waals surface area contributed by atoms with Crippen molar-refractivity contribution in [1.82, 2.24) is 4.98 Å². The number of ether oxygens (including phenoxy) is 1. The minimum Gasteiger partial charge on any atom is -0.376 e. The van der Waals surface area contributed by atoms with Gasteiger partial charge in [-0.3, -0.25) is 9.78 Å². The largest absolute Gasteiger partial charge is 0.376 e. The number of rotatable bonds is 6. The van der Waals surface area contributed by atoms with Crippen LogP contribution in [0.15, 0.2) is 48.5 Å². The number of fused-ring (bicyclic) bond motifs is 1. The maximum Gasteiger partial charge on any atom is 0.257 e. The van der Waals surface area contributed by atoms with Crippen molar-refractivity contribution in [1.29, 1.82) is 0 Å². The molecule has 3 aromatic rings. The maximum absolute atomic E-state index is 12.8. The third-order valence-corrected chi connectivity index (χ3v) is 4.91. The summed E-state index contributed by atoms with van der Waals surface area (Å²) < 4.78 is 5.74. The molecule has 0 aliphatic heterocycles. The molecule has 27 heavy (non-hydrogen) atoms. The average Bonchev–Trinajstić information content (AvgIpc) is 3.45. The summed E-state index contributed by atoms with van der Waals surface area (Å²) in [5, 5.41) is 3.96. The van der Waals surface area contributed by atoms with Crippen LogP contribution in [-0.4, -0.2) is 17.5 Å². The minimum atomic E-state index is -0.140. The first-order chi connectivity index (χ1) is 13.1. The summed E-state index contributed by atoms with van der Waals surface area (Å²) in [6, 6.07) is 15.8. The molecular weight excluding hydrogens is 336 g/mol. The highest BCUT2D eigenvalue weighted by Gasteiger charge is 2.21. The zero-order chi connectivity index (χ0) is 18.8. The molecular formula is C23H24N2O2. The summed E-state index contributed by atoms with van der Waals surface area (Å²) in [7, 11) is 0. The highest BCUT2D eigenvalue weighted by atomic mass is 16.5. The Balaban J connectivity index is 1.49. The van der Waals surface area contributed by atoms with E-state index in [4.69, 9.17) is 4.74 Å². The van der Waals surface area contributed by atoms with Crippen LogP contribution in [0.1, 0.15) is 40.0 Å². The van der Waals surface area contributed by atoms with E-state index < -0.39 is 0 Å². The lowest BCUT2D eigenvalue weighted by Gasteiger charge is -2.10. The molecule has 0 unspecified atom stereocenters. The molecule has 1 N–H and O–H groups in total. The van der Waals surface area contributed by atoms with Gasteiger partial charge >= 0.3 is 0 Å². The number of carbonyl (C=O) groups is 1. The van der Waals surface area contributed by atoms with Crippen LogP contribution >= 0.6 is 0 Å². The SMILES string of the molecule is Cc1ccc2cc(C(=O)Nc3cccc(COCC4CC4)c3)c(C)nc2c1.